The molecule has 0 radical (unpaired) electrons. The number of nitrogens with two attached hydrogens (primary N) is 1. The van der Waals surface area contributed by atoms with Crippen molar-refractivity contribution < 1.29 is 8.42 Å². The number of halogens is 1. The summed E-state index contributed by atoms with van der Waals surface area (Å²) >= 11 is 3.50. The van der Waals surface area contributed by atoms with Crippen LogP contribution < -0.4 is 5.14 Å². The zero-order valence-electron chi connectivity index (χ0n) is 14.3. The van der Waals surface area contributed by atoms with Gasteiger partial charge in [-0.15, -0.1) is 0 Å². The Balaban J connectivity index is 1.79. The molecule has 2 N–H and O–H groups in total. The average Bonchev–Trinajstić information content (AvgIpc) is 3.22. The van der Waals surface area contributed by atoms with Gasteiger partial charge in [-0.05, 0) is 59.4 Å². The van der Waals surface area contributed by atoms with Crippen molar-refractivity contribution in [3.05, 3.63) is 76.3 Å². The molecule has 2 aliphatic rings. The van der Waals surface area contributed by atoms with Crippen LogP contribution in [0.3, 0.4) is 0 Å². The van der Waals surface area contributed by atoms with E-state index in [1.807, 2.05) is 12.1 Å². The molecule has 0 aromatic heterocycles. The summed E-state index contributed by atoms with van der Waals surface area (Å²) in [6, 6.07) is 15.2. The predicted molar refractivity (Wildman–Crippen MR) is 109 cm³/mol. The SMILES string of the molecule is NS(=O)(=O)c1ccc(C2=CC3(C=C2c2ccc(Br)cc2)CCCC3)cc1. The maximum atomic E-state index is 11.5. The lowest BCUT2D eigenvalue weighted by molar-refractivity contribution is 0.523. The third kappa shape index (κ3) is 3.31. The van der Waals surface area contributed by atoms with Crippen molar-refractivity contribution in [3.63, 3.8) is 0 Å². The van der Waals surface area contributed by atoms with Crippen LogP contribution in [0, 0.1) is 5.41 Å². The van der Waals surface area contributed by atoms with Crippen LogP contribution in [0.25, 0.3) is 11.1 Å². The number of benzene rings is 2. The first kappa shape index (κ1) is 17.7. The Morgan fingerprint density at radius 2 is 1.27 bits per heavy atom. The lowest BCUT2D eigenvalue weighted by Crippen LogP contribution is -2.11. The summed E-state index contributed by atoms with van der Waals surface area (Å²) in [5, 5.41) is 5.23. The van der Waals surface area contributed by atoms with Gasteiger partial charge in [0.2, 0.25) is 10.0 Å². The van der Waals surface area contributed by atoms with E-state index in [1.54, 1.807) is 12.1 Å². The van der Waals surface area contributed by atoms with Crippen LogP contribution in [-0.2, 0) is 10.0 Å². The topological polar surface area (TPSA) is 60.2 Å². The second-order valence-electron chi connectivity index (χ2n) is 7.13. The lowest BCUT2D eigenvalue weighted by atomic mass is 9.88. The minimum atomic E-state index is -3.68. The number of allylic oxidation sites excluding steroid dienone is 4. The van der Waals surface area contributed by atoms with E-state index >= 15 is 0 Å². The van der Waals surface area contributed by atoms with Gasteiger partial charge in [0, 0.05) is 9.89 Å². The van der Waals surface area contributed by atoms with E-state index < -0.39 is 10.0 Å². The van der Waals surface area contributed by atoms with Gasteiger partial charge >= 0.3 is 0 Å². The molecule has 0 saturated heterocycles. The zero-order valence-corrected chi connectivity index (χ0v) is 16.7. The van der Waals surface area contributed by atoms with Gasteiger partial charge in [0.1, 0.15) is 0 Å². The Hall–Kier alpha value is -1.69. The van der Waals surface area contributed by atoms with E-state index in [2.05, 4.69) is 52.3 Å². The molecule has 5 heteroatoms. The molecule has 2 aliphatic carbocycles. The van der Waals surface area contributed by atoms with Crippen molar-refractivity contribution in [1.82, 2.24) is 0 Å². The van der Waals surface area contributed by atoms with E-state index in [1.165, 1.54) is 42.4 Å². The predicted octanol–water partition coefficient (Wildman–Crippen LogP) is 5.14. The Morgan fingerprint density at radius 1 is 0.808 bits per heavy atom. The number of rotatable bonds is 3. The maximum absolute atomic E-state index is 11.5. The van der Waals surface area contributed by atoms with Crippen LogP contribution in [0.5, 0.6) is 0 Å². The number of hydrogen-bond acceptors (Lipinski definition) is 2. The molecule has 2 aromatic carbocycles. The molecule has 26 heavy (non-hydrogen) atoms. The largest absolute Gasteiger partial charge is 0.238 e. The van der Waals surface area contributed by atoms with E-state index in [4.69, 9.17) is 5.14 Å². The molecular formula is C21H20BrNO2S. The molecule has 2 aromatic rings. The van der Waals surface area contributed by atoms with Gasteiger partial charge in [-0.1, -0.05) is 65.2 Å². The summed E-state index contributed by atoms with van der Waals surface area (Å²) < 4.78 is 24.1. The number of hydrogen-bond donors (Lipinski definition) is 1. The summed E-state index contributed by atoms with van der Waals surface area (Å²) in [5.41, 5.74) is 4.74. The molecule has 0 amide bonds. The van der Waals surface area contributed by atoms with Crippen molar-refractivity contribution >= 4 is 37.1 Å². The molecule has 0 heterocycles. The highest BCUT2D eigenvalue weighted by atomic mass is 79.9. The van der Waals surface area contributed by atoms with Crippen LogP contribution in [0.2, 0.25) is 0 Å². The second-order valence-corrected chi connectivity index (χ2v) is 9.61. The van der Waals surface area contributed by atoms with Gasteiger partial charge in [-0.25, -0.2) is 13.6 Å². The summed E-state index contributed by atoms with van der Waals surface area (Å²) in [5.74, 6) is 0. The van der Waals surface area contributed by atoms with Crippen molar-refractivity contribution in [3.8, 4) is 0 Å². The first-order valence-electron chi connectivity index (χ1n) is 8.72. The van der Waals surface area contributed by atoms with Crippen LogP contribution in [0.15, 0.2) is 70.1 Å². The molecule has 0 bridgehead atoms. The molecule has 0 aliphatic heterocycles. The van der Waals surface area contributed by atoms with Crippen molar-refractivity contribution in [2.24, 2.45) is 10.6 Å². The third-order valence-electron chi connectivity index (χ3n) is 5.34. The Bertz CT molecular complexity index is 997. The van der Waals surface area contributed by atoms with Crippen molar-refractivity contribution in [1.29, 1.82) is 0 Å². The molecule has 0 unspecified atom stereocenters. The highest BCUT2D eigenvalue weighted by molar-refractivity contribution is 9.10. The fraction of sp³-hybridized carbons (Fsp3) is 0.238. The molecule has 3 nitrogen and oxygen atoms in total. The first-order chi connectivity index (χ1) is 12.4. The van der Waals surface area contributed by atoms with E-state index in [-0.39, 0.29) is 10.3 Å². The minimum absolute atomic E-state index is 0.135. The molecule has 0 atom stereocenters. The highest BCUT2D eigenvalue weighted by Crippen LogP contribution is 2.52. The summed E-state index contributed by atoms with van der Waals surface area (Å²) in [6.07, 6.45) is 9.63. The Morgan fingerprint density at radius 3 is 1.73 bits per heavy atom. The number of primary sulfonamides is 1. The second kappa shape index (κ2) is 6.48. The summed E-state index contributed by atoms with van der Waals surface area (Å²) in [7, 11) is -3.68. The zero-order chi connectivity index (χ0) is 18.4. The lowest BCUT2D eigenvalue weighted by Gasteiger charge is -2.16. The van der Waals surface area contributed by atoms with E-state index in [0.717, 1.165) is 10.0 Å². The van der Waals surface area contributed by atoms with Crippen LogP contribution >= 0.6 is 15.9 Å². The van der Waals surface area contributed by atoms with Gasteiger partial charge in [-0.3, -0.25) is 0 Å². The summed E-state index contributed by atoms with van der Waals surface area (Å²) in [6.45, 7) is 0. The van der Waals surface area contributed by atoms with Crippen LogP contribution in [0.1, 0.15) is 36.8 Å². The van der Waals surface area contributed by atoms with Gasteiger partial charge in [0.15, 0.2) is 0 Å². The quantitative estimate of drug-likeness (QED) is 0.733. The molecule has 4 rings (SSSR count). The minimum Gasteiger partial charge on any atom is -0.225 e. The molecular weight excluding hydrogens is 410 g/mol. The fourth-order valence-corrected chi connectivity index (χ4v) is 4.81. The van der Waals surface area contributed by atoms with Gasteiger partial charge < -0.3 is 0 Å². The summed E-state index contributed by atoms with van der Waals surface area (Å²) in [4.78, 5) is 0.143. The maximum Gasteiger partial charge on any atom is 0.238 e. The van der Waals surface area contributed by atoms with Crippen LogP contribution in [0.4, 0.5) is 0 Å². The Labute approximate surface area is 162 Å². The third-order valence-corrected chi connectivity index (χ3v) is 6.80. The van der Waals surface area contributed by atoms with Gasteiger partial charge in [0.25, 0.3) is 0 Å². The monoisotopic (exact) mass is 429 g/mol. The van der Waals surface area contributed by atoms with Crippen molar-refractivity contribution in [2.45, 2.75) is 30.6 Å². The fourth-order valence-electron chi connectivity index (χ4n) is 4.03. The van der Waals surface area contributed by atoms with Crippen LogP contribution in [-0.4, -0.2) is 8.42 Å². The van der Waals surface area contributed by atoms with Gasteiger partial charge in [-0.2, -0.15) is 0 Å². The molecule has 1 saturated carbocycles. The Kier molecular flexibility index (Phi) is 4.41. The van der Waals surface area contributed by atoms with E-state index in [9.17, 15) is 8.42 Å². The van der Waals surface area contributed by atoms with Crippen molar-refractivity contribution in [2.75, 3.05) is 0 Å². The highest BCUT2D eigenvalue weighted by Gasteiger charge is 2.35. The number of sulfonamides is 1. The molecule has 1 spiro atoms. The molecule has 1 fully saturated rings. The van der Waals surface area contributed by atoms with E-state index in [0.29, 0.717) is 0 Å². The smallest absolute Gasteiger partial charge is 0.225 e. The molecule has 134 valence electrons. The first-order valence-corrected chi connectivity index (χ1v) is 11.1. The standard InChI is InChI=1S/C21H20BrNO2S/c22-17-7-3-15(4-8-17)19-13-21(11-1-2-12-21)14-20(19)16-5-9-18(10-6-16)26(23,24)25/h3-10,13-14H,1-2,11-12H2,(H2,23,24,25). The normalized spacial score (nSPS) is 18.8. The average molecular weight is 430 g/mol. The van der Waals surface area contributed by atoms with Gasteiger partial charge in [0.05, 0.1) is 4.90 Å².